The van der Waals surface area contributed by atoms with E-state index in [1.807, 2.05) is 12.1 Å². The summed E-state index contributed by atoms with van der Waals surface area (Å²) in [7, 11) is 3.35. The van der Waals surface area contributed by atoms with Crippen molar-refractivity contribution in [2.75, 3.05) is 38.6 Å². The van der Waals surface area contributed by atoms with Crippen LogP contribution >= 0.6 is 23.2 Å². The smallest absolute Gasteiger partial charge is 0.291 e. The lowest BCUT2D eigenvalue weighted by atomic mass is 10.0. The third kappa shape index (κ3) is 7.50. The van der Waals surface area contributed by atoms with Gasteiger partial charge in [0.25, 0.3) is 5.91 Å². The van der Waals surface area contributed by atoms with Gasteiger partial charge in [0.15, 0.2) is 5.82 Å². The summed E-state index contributed by atoms with van der Waals surface area (Å²) in [5, 5.41) is 9.79. The number of likely N-dealkylation sites (tertiary alicyclic amines) is 1. The molecule has 3 aliphatic rings. The third-order valence-corrected chi connectivity index (χ3v) is 11.1. The van der Waals surface area contributed by atoms with Crippen molar-refractivity contribution >= 4 is 52.5 Å². The summed E-state index contributed by atoms with van der Waals surface area (Å²) in [5.74, 6) is 0.0127. The second-order valence-corrected chi connectivity index (χ2v) is 14.5. The normalized spacial score (nSPS) is 18.1. The summed E-state index contributed by atoms with van der Waals surface area (Å²) in [6, 6.07) is 10.9. The van der Waals surface area contributed by atoms with E-state index in [1.54, 1.807) is 59.0 Å². The fourth-order valence-corrected chi connectivity index (χ4v) is 7.96. The third-order valence-electron chi connectivity index (χ3n) is 10.3. The van der Waals surface area contributed by atoms with E-state index in [9.17, 15) is 19.2 Å². The molecule has 0 spiro atoms. The maximum absolute atomic E-state index is 13.7. The van der Waals surface area contributed by atoms with Crippen LogP contribution in [0.5, 0.6) is 5.88 Å². The molecule has 2 saturated heterocycles. The number of ether oxygens (including phenoxy) is 1. The van der Waals surface area contributed by atoms with Gasteiger partial charge in [-0.3, -0.25) is 24.2 Å². The number of imidazole rings is 1. The predicted octanol–water partition coefficient (Wildman–Crippen LogP) is 4.23. The van der Waals surface area contributed by atoms with Crippen LogP contribution in [0.3, 0.4) is 0 Å². The Bertz CT molecular complexity index is 2140. The molecule has 3 aromatic heterocycles. The lowest BCUT2D eigenvalue weighted by Crippen LogP contribution is -2.41. The molecule has 14 nitrogen and oxygen atoms in total. The van der Waals surface area contributed by atoms with E-state index in [0.717, 1.165) is 17.7 Å². The Morgan fingerprint density at radius 1 is 1.00 bits per heavy atom. The number of carbonyl (C=O) groups excluding carboxylic acids is 4. The number of pyridine rings is 2. The molecule has 3 aliphatic heterocycles. The van der Waals surface area contributed by atoms with Gasteiger partial charge in [-0.15, -0.1) is 0 Å². The molecular formula is C38H41Cl2N9O5. The van der Waals surface area contributed by atoms with E-state index in [0.29, 0.717) is 103 Å². The van der Waals surface area contributed by atoms with E-state index >= 15 is 0 Å². The van der Waals surface area contributed by atoms with Gasteiger partial charge in [0.1, 0.15) is 0 Å². The van der Waals surface area contributed by atoms with Crippen LogP contribution in [-0.4, -0.2) is 92.3 Å². The molecule has 282 valence electrons. The molecule has 4 amide bonds. The number of halogens is 2. The van der Waals surface area contributed by atoms with E-state index in [4.69, 9.17) is 32.9 Å². The van der Waals surface area contributed by atoms with Crippen molar-refractivity contribution in [1.29, 1.82) is 0 Å². The Morgan fingerprint density at radius 2 is 1.83 bits per heavy atom. The molecule has 2 fully saturated rings. The largest absolute Gasteiger partial charge is 0.481 e. The van der Waals surface area contributed by atoms with Crippen LogP contribution in [0.25, 0.3) is 22.5 Å². The zero-order chi connectivity index (χ0) is 38.1. The number of aromatic nitrogens is 4. The number of rotatable bonds is 10. The standard InChI is InChI=1S/C38H41Cl2N9O5/c1-21(50)48-15-12-23(19-48)38(53)49-16-13-30-29(20-49)44-35(47(30)2)36(52)45-28-6-4-5-26(32(28)39)34-33(40)25(11-14-42-34)27-9-7-22(37(46-27)54-3)17-41-18-24-8-10-31(51)43-24/h4-7,9,11,14,23-24,41H,8,10,12-13,15-20H2,1-3H3,(H,43,51)(H,45,52)/t23-,24+/m0/s1. The summed E-state index contributed by atoms with van der Waals surface area (Å²) < 4.78 is 7.38. The molecule has 0 bridgehead atoms. The number of benzene rings is 1. The second-order valence-electron chi connectivity index (χ2n) is 13.8. The number of anilines is 1. The minimum absolute atomic E-state index is 0.00780. The van der Waals surface area contributed by atoms with Crippen molar-refractivity contribution in [3.8, 4) is 28.4 Å². The molecule has 16 heteroatoms. The summed E-state index contributed by atoms with van der Waals surface area (Å²) >= 11 is 13.9. The molecule has 7 rings (SSSR count). The van der Waals surface area contributed by atoms with Gasteiger partial charge < -0.3 is 35.1 Å². The minimum Gasteiger partial charge on any atom is -0.481 e. The fourth-order valence-electron chi connectivity index (χ4n) is 7.39. The number of hydrogen-bond donors (Lipinski definition) is 3. The maximum Gasteiger partial charge on any atom is 0.291 e. The van der Waals surface area contributed by atoms with Crippen molar-refractivity contribution in [3.63, 3.8) is 0 Å². The quantitative estimate of drug-likeness (QED) is 0.214. The van der Waals surface area contributed by atoms with Crippen LogP contribution in [0.4, 0.5) is 5.69 Å². The van der Waals surface area contributed by atoms with Gasteiger partial charge in [-0.2, -0.15) is 0 Å². The molecule has 0 saturated carbocycles. The molecule has 0 radical (unpaired) electrons. The highest BCUT2D eigenvalue weighted by molar-refractivity contribution is 6.39. The Hall–Kier alpha value is -5.05. The number of nitrogens with zero attached hydrogens (tertiary/aromatic N) is 6. The Kier molecular flexibility index (Phi) is 10.9. The first-order valence-electron chi connectivity index (χ1n) is 17.9. The molecule has 54 heavy (non-hydrogen) atoms. The average Bonchev–Trinajstić information content (AvgIpc) is 3.91. The van der Waals surface area contributed by atoms with Gasteiger partial charge in [0.05, 0.1) is 52.4 Å². The van der Waals surface area contributed by atoms with Gasteiger partial charge in [0, 0.05) is 94.2 Å². The average molecular weight is 775 g/mol. The van der Waals surface area contributed by atoms with Crippen LogP contribution < -0.4 is 20.7 Å². The number of methoxy groups -OCH3 is 1. The summed E-state index contributed by atoms with van der Waals surface area (Å²) in [5.41, 5.74) is 4.88. The lowest BCUT2D eigenvalue weighted by molar-refractivity contribution is -0.136. The highest BCUT2D eigenvalue weighted by atomic mass is 35.5. The van der Waals surface area contributed by atoms with Crippen molar-refractivity contribution in [2.24, 2.45) is 13.0 Å². The van der Waals surface area contributed by atoms with Crippen molar-refractivity contribution in [2.45, 2.75) is 51.7 Å². The van der Waals surface area contributed by atoms with Crippen LogP contribution in [0.15, 0.2) is 42.6 Å². The number of hydrogen-bond acceptors (Lipinski definition) is 9. The topological polar surface area (TPSA) is 164 Å². The van der Waals surface area contributed by atoms with Crippen LogP contribution in [0.1, 0.15) is 53.8 Å². The Labute approximate surface area is 322 Å². The maximum atomic E-state index is 13.7. The zero-order valence-electron chi connectivity index (χ0n) is 30.2. The first-order chi connectivity index (χ1) is 26.0. The van der Waals surface area contributed by atoms with E-state index in [1.165, 1.54) is 6.92 Å². The minimum atomic E-state index is -0.455. The molecule has 4 aromatic rings. The summed E-state index contributed by atoms with van der Waals surface area (Å²) in [6.07, 6.45) is 4.18. The molecule has 1 aromatic carbocycles. The first kappa shape index (κ1) is 37.3. The molecule has 0 unspecified atom stereocenters. The Balaban J connectivity index is 1.05. The number of amides is 4. The van der Waals surface area contributed by atoms with Crippen LogP contribution in [0.2, 0.25) is 10.0 Å². The monoisotopic (exact) mass is 773 g/mol. The highest BCUT2D eigenvalue weighted by Crippen LogP contribution is 2.40. The Morgan fingerprint density at radius 3 is 2.57 bits per heavy atom. The van der Waals surface area contributed by atoms with Gasteiger partial charge in [-0.1, -0.05) is 41.4 Å². The summed E-state index contributed by atoms with van der Waals surface area (Å²) in [4.78, 5) is 67.7. The van der Waals surface area contributed by atoms with E-state index < -0.39 is 5.91 Å². The molecule has 6 heterocycles. The van der Waals surface area contributed by atoms with E-state index in [2.05, 4.69) is 25.9 Å². The SMILES string of the molecule is COc1nc(-c2ccnc(-c3cccc(NC(=O)c4nc5c(n4C)CCN(C(=O)[C@H]4CCN(C(C)=O)C4)C5)c3Cl)c2Cl)ccc1CNC[C@H]1CCC(=O)N1. The van der Waals surface area contributed by atoms with Crippen molar-refractivity contribution in [3.05, 3.63) is 75.4 Å². The predicted molar refractivity (Wildman–Crippen MR) is 203 cm³/mol. The number of fused-ring (bicyclic) bond motifs is 1. The van der Waals surface area contributed by atoms with Gasteiger partial charge in [-0.05, 0) is 31.0 Å². The van der Waals surface area contributed by atoms with Gasteiger partial charge >= 0.3 is 0 Å². The first-order valence-corrected chi connectivity index (χ1v) is 18.7. The molecule has 3 N–H and O–H groups in total. The molecule has 0 aliphatic carbocycles. The van der Waals surface area contributed by atoms with Crippen LogP contribution in [0, 0.1) is 5.92 Å². The van der Waals surface area contributed by atoms with E-state index in [-0.39, 0.29) is 40.5 Å². The number of carbonyl (C=O) groups is 4. The second kappa shape index (κ2) is 15.7. The number of nitrogens with one attached hydrogen (secondary N) is 3. The lowest BCUT2D eigenvalue weighted by Gasteiger charge is -2.29. The highest BCUT2D eigenvalue weighted by Gasteiger charge is 2.35. The van der Waals surface area contributed by atoms with Crippen molar-refractivity contribution in [1.82, 2.24) is 40.0 Å². The fraction of sp³-hybridized carbons (Fsp3) is 0.395. The van der Waals surface area contributed by atoms with Gasteiger partial charge in [0.2, 0.25) is 23.6 Å². The van der Waals surface area contributed by atoms with Gasteiger partial charge in [-0.25, -0.2) is 9.97 Å². The summed E-state index contributed by atoms with van der Waals surface area (Å²) in [6.45, 7) is 4.49. The van der Waals surface area contributed by atoms with Crippen LogP contribution in [-0.2, 0) is 40.9 Å². The zero-order valence-corrected chi connectivity index (χ0v) is 31.8. The molecular weight excluding hydrogens is 733 g/mol. The van der Waals surface area contributed by atoms with Crippen molar-refractivity contribution < 1.29 is 23.9 Å². The molecule has 2 atom stereocenters.